The Morgan fingerprint density at radius 2 is 2.00 bits per heavy atom. The summed E-state index contributed by atoms with van der Waals surface area (Å²) in [5.41, 5.74) is 0. The molecule has 0 heterocycles. The first kappa shape index (κ1) is 8.89. The van der Waals surface area contributed by atoms with Gasteiger partial charge in [0.1, 0.15) is 6.17 Å². The van der Waals surface area contributed by atoms with Gasteiger partial charge in [0.25, 0.3) is 0 Å². The monoisotopic (exact) mass is 134 g/mol. The summed E-state index contributed by atoms with van der Waals surface area (Å²) in [6.07, 6.45) is -0.177. The lowest BCUT2D eigenvalue weighted by Crippen LogP contribution is -2.11. The van der Waals surface area contributed by atoms with Crippen molar-refractivity contribution in [2.45, 2.75) is 26.4 Å². The van der Waals surface area contributed by atoms with E-state index in [1.54, 1.807) is 0 Å². The molecule has 0 fully saturated rings. The predicted octanol–water partition coefficient (Wildman–Crippen LogP) is 2.02. The fourth-order valence-corrected chi connectivity index (χ4v) is 0.760. The summed E-state index contributed by atoms with van der Waals surface area (Å²) in [6, 6.07) is 0. The summed E-state index contributed by atoms with van der Waals surface area (Å²) in [6.45, 7) is 4.24. The molecule has 0 aromatic carbocycles. The van der Waals surface area contributed by atoms with Crippen LogP contribution in [0.4, 0.5) is 4.39 Å². The molecule has 0 rings (SSSR count). The maximum Gasteiger partial charge on any atom is 0.124 e. The number of hydrogen-bond donors (Lipinski definition) is 0. The molecule has 0 radical (unpaired) electrons. The van der Waals surface area contributed by atoms with Gasteiger partial charge in [0, 0.05) is 7.11 Å². The van der Waals surface area contributed by atoms with Crippen molar-refractivity contribution in [3.8, 4) is 0 Å². The molecule has 9 heavy (non-hydrogen) atoms. The molecular formula is C7H15FO. The van der Waals surface area contributed by atoms with Crippen LogP contribution in [0.15, 0.2) is 0 Å². The molecule has 0 spiro atoms. The molecule has 0 aliphatic carbocycles. The lowest BCUT2D eigenvalue weighted by Gasteiger charge is -2.08. The molecule has 0 aromatic heterocycles. The molecule has 0 N–H and O–H groups in total. The molecule has 0 saturated carbocycles. The van der Waals surface area contributed by atoms with E-state index in [1.165, 1.54) is 7.11 Å². The van der Waals surface area contributed by atoms with Gasteiger partial charge in [-0.3, -0.25) is 0 Å². The minimum absolute atomic E-state index is 0.234. The molecule has 0 amide bonds. The molecule has 2 heteroatoms. The molecule has 0 bridgehead atoms. The van der Waals surface area contributed by atoms with Gasteiger partial charge in [-0.15, -0.1) is 0 Å². The van der Waals surface area contributed by atoms with Gasteiger partial charge in [-0.05, 0) is 12.3 Å². The molecular weight excluding hydrogens is 119 g/mol. The van der Waals surface area contributed by atoms with Crippen LogP contribution in [0.2, 0.25) is 0 Å². The minimum atomic E-state index is -0.782. The van der Waals surface area contributed by atoms with E-state index in [2.05, 4.69) is 4.74 Å². The van der Waals surface area contributed by atoms with E-state index in [0.717, 1.165) is 0 Å². The number of alkyl halides is 1. The van der Waals surface area contributed by atoms with Gasteiger partial charge >= 0.3 is 0 Å². The van der Waals surface area contributed by atoms with E-state index < -0.39 is 6.17 Å². The Morgan fingerprint density at radius 3 is 2.33 bits per heavy atom. The molecule has 1 atom stereocenters. The molecule has 0 aliphatic heterocycles. The van der Waals surface area contributed by atoms with E-state index in [9.17, 15) is 4.39 Å². The van der Waals surface area contributed by atoms with Crippen molar-refractivity contribution in [1.82, 2.24) is 0 Å². The zero-order valence-corrected chi connectivity index (χ0v) is 6.36. The summed E-state index contributed by atoms with van der Waals surface area (Å²) in [5.74, 6) is 0.426. The van der Waals surface area contributed by atoms with E-state index >= 15 is 0 Å². The quantitative estimate of drug-likeness (QED) is 0.571. The zero-order chi connectivity index (χ0) is 7.28. The van der Waals surface area contributed by atoms with Gasteiger partial charge in [0.05, 0.1) is 6.61 Å². The van der Waals surface area contributed by atoms with Crippen LogP contribution in [0.1, 0.15) is 20.3 Å². The van der Waals surface area contributed by atoms with Gasteiger partial charge in [-0.1, -0.05) is 13.8 Å². The van der Waals surface area contributed by atoms with Crippen LogP contribution >= 0.6 is 0 Å². The van der Waals surface area contributed by atoms with Crippen molar-refractivity contribution in [2.75, 3.05) is 13.7 Å². The Bertz CT molecular complexity index is 63.9. The summed E-state index contributed by atoms with van der Waals surface area (Å²) in [5, 5.41) is 0. The van der Waals surface area contributed by atoms with Gasteiger partial charge in [-0.2, -0.15) is 0 Å². The summed E-state index contributed by atoms with van der Waals surface area (Å²) in [7, 11) is 1.52. The fraction of sp³-hybridized carbons (Fsp3) is 1.00. The third kappa shape index (κ3) is 5.77. The van der Waals surface area contributed by atoms with Crippen molar-refractivity contribution in [3.05, 3.63) is 0 Å². The Labute approximate surface area is 56.2 Å². The number of methoxy groups -OCH3 is 1. The van der Waals surface area contributed by atoms with Crippen molar-refractivity contribution in [3.63, 3.8) is 0 Å². The van der Waals surface area contributed by atoms with Crippen molar-refractivity contribution >= 4 is 0 Å². The number of rotatable bonds is 4. The molecule has 56 valence electrons. The maximum absolute atomic E-state index is 12.5. The average molecular weight is 134 g/mol. The third-order valence-electron chi connectivity index (χ3n) is 1.07. The Balaban J connectivity index is 3.15. The number of hydrogen-bond acceptors (Lipinski definition) is 1. The minimum Gasteiger partial charge on any atom is -0.382 e. The highest BCUT2D eigenvalue weighted by atomic mass is 19.1. The first-order valence-electron chi connectivity index (χ1n) is 3.29. The van der Waals surface area contributed by atoms with E-state index in [0.29, 0.717) is 12.3 Å². The first-order valence-corrected chi connectivity index (χ1v) is 3.29. The molecule has 0 saturated heterocycles. The van der Waals surface area contributed by atoms with Crippen LogP contribution < -0.4 is 0 Å². The maximum atomic E-state index is 12.5. The molecule has 0 unspecified atom stereocenters. The van der Waals surface area contributed by atoms with Gasteiger partial charge < -0.3 is 4.74 Å². The van der Waals surface area contributed by atoms with E-state index in [4.69, 9.17) is 0 Å². The molecule has 1 nitrogen and oxygen atoms in total. The third-order valence-corrected chi connectivity index (χ3v) is 1.07. The van der Waals surface area contributed by atoms with Crippen LogP contribution in [0, 0.1) is 5.92 Å². The number of halogens is 1. The van der Waals surface area contributed by atoms with Crippen LogP contribution in [-0.2, 0) is 4.74 Å². The molecule has 0 aromatic rings. The van der Waals surface area contributed by atoms with E-state index in [1.807, 2.05) is 13.8 Å². The van der Waals surface area contributed by atoms with Gasteiger partial charge in [-0.25, -0.2) is 4.39 Å². The fourth-order valence-electron chi connectivity index (χ4n) is 0.760. The highest BCUT2D eigenvalue weighted by Gasteiger charge is 2.06. The Morgan fingerprint density at radius 1 is 1.44 bits per heavy atom. The highest BCUT2D eigenvalue weighted by Crippen LogP contribution is 2.07. The second kappa shape index (κ2) is 4.74. The van der Waals surface area contributed by atoms with E-state index in [-0.39, 0.29) is 6.61 Å². The lowest BCUT2D eigenvalue weighted by molar-refractivity contribution is 0.111. The average Bonchev–Trinajstić information content (AvgIpc) is 1.63. The summed E-state index contributed by atoms with van der Waals surface area (Å²) < 4.78 is 17.2. The van der Waals surface area contributed by atoms with Crippen LogP contribution in [0.25, 0.3) is 0 Å². The van der Waals surface area contributed by atoms with Crippen LogP contribution in [-0.4, -0.2) is 19.9 Å². The van der Waals surface area contributed by atoms with Crippen LogP contribution in [0.3, 0.4) is 0 Å². The van der Waals surface area contributed by atoms with Crippen molar-refractivity contribution in [2.24, 2.45) is 5.92 Å². The van der Waals surface area contributed by atoms with Gasteiger partial charge in [0.15, 0.2) is 0 Å². The standard InChI is InChI=1S/C7H15FO/c1-6(2)4-7(8)5-9-3/h6-7H,4-5H2,1-3H3/t7-/m0/s1. The molecule has 0 aliphatic rings. The van der Waals surface area contributed by atoms with Crippen molar-refractivity contribution < 1.29 is 9.13 Å². The first-order chi connectivity index (χ1) is 4.16. The predicted molar refractivity (Wildman–Crippen MR) is 36.2 cm³/mol. The topological polar surface area (TPSA) is 9.23 Å². The second-order valence-electron chi connectivity index (χ2n) is 2.68. The van der Waals surface area contributed by atoms with Crippen LogP contribution in [0.5, 0.6) is 0 Å². The zero-order valence-electron chi connectivity index (χ0n) is 6.36. The largest absolute Gasteiger partial charge is 0.382 e. The lowest BCUT2D eigenvalue weighted by atomic mass is 10.1. The smallest absolute Gasteiger partial charge is 0.124 e. The number of ether oxygens (including phenoxy) is 1. The summed E-state index contributed by atoms with van der Waals surface area (Å²) in [4.78, 5) is 0. The Hall–Kier alpha value is -0.110. The highest BCUT2D eigenvalue weighted by molar-refractivity contribution is 4.56. The second-order valence-corrected chi connectivity index (χ2v) is 2.68. The normalized spacial score (nSPS) is 14.3. The van der Waals surface area contributed by atoms with Gasteiger partial charge in [0.2, 0.25) is 0 Å². The SMILES string of the molecule is COC[C@@H](F)CC(C)C. The van der Waals surface area contributed by atoms with Crippen molar-refractivity contribution in [1.29, 1.82) is 0 Å². The Kier molecular flexibility index (Phi) is 4.68. The summed E-state index contributed by atoms with van der Waals surface area (Å²) >= 11 is 0.